The third-order valence-electron chi connectivity index (χ3n) is 1.55. The molecule has 2 atom stereocenters. The summed E-state index contributed by atoms with van der Waals surface area (Å²) in [5, 5.41) is 10.7. The van der Waals surface area contributed by atoms with Crippen LogP contribution in [0, 0.1) is 0 Å². The summed E-state index contributed by atoms with van der Waals surface area (Å²) in [5.74, 6) is 0. The summed E-state index contributed by atoms with van der Waals surface area (Å²) in [5.41, 5.74) is 2.60. The summed E-state index contributed by atoms with van der Waals surface area (Å²) < 4.78 is 0. The first-order chi connectivity index (χ1) is 5.71. The van der Waals surface area contributed by atoms with Crippen molar-refractivity contribution >= 4 is 42.4 Å². The topological polar surface area (TPSA) is 58.0 Å². The molecular weight excluding hydrogens is 196 g/mol. The van der Waals surface area contributed by atoms with Crippen LogP contribution in [0.15, 0.2) is 10.3 Å². The van der Waals surface area contributed by atoms with Crippen molar-refractivity contribution in [2.45, 2.75) is 11.0 Å². The second-order valence-electron chi connectivity index (χ2n) is 2.43. The molecule has 0 fully saturated rings. The lowest BCUT2D eigenvalue weighted by molar-refractivity contribution is 0.120. The zero-order valence-electron chi connectivity index (χ0n) is 5.89. The molecule has 2 aliphatic heterocycles. The molecule has 7 heteroatoms. The van der Waals surface area contributed by atoms with Crippen molar-refractivity contribution in [2.24, 2.45) is 10.3 Å². The number of thiocarbonyl (C=S) groups is 1. The van der Waals surface area contributed by atoms with E-state index in [1.54, 1.807) is 12.4 Å². The Kier molecular flexibility index (Phi) is 1.69. The molecule has 0 aromatic heterocycles. The summed E-state index contributed by atoms with van der Waals surface area (Å²) in [6.45, 7) is 0. The second-order valence-corrected chi connectivity index (χ2v) is 3.58. The van der Waals surface area contributed by atoms with Crippen molar-refractivity contribution in [3.8, 4) is 0 Å². The Balaban J connectivity index is 2.29. The number of hydrogen-bond acceptors (Lipinski definition) is 5. The van der Waals surface area contributed by atoms with Gasteiger partial charge >= 0.3 is 0 Å². The molecule has 0 saturated carbocycles. The third kappa shape index (κ3) is 1.14. The molecule has 0 bridgehead atoms. The number of thiol groups is 1. The molecule has 64 valence electrons. The highest BCUT2D eigenvalue weighted by Gasteiger charge is 2.41. The van der Waals surface area contributed by atoms with Crippen LogP contribution in [0.3, 0.4) is 0 Å². The van der Waals surface area contributed by atoms with Crippen molar-refractivity contribution in [2.75, 3.05) is 0 Å². The highest BCUT2D eigenvalue weighted by Crippen LogP contribution is 2.22. The van der Waals surface area contributed by atoms with Crippen molar-refractivity contribution < 1.29 is 4.84 Å². The van der Waals surface area contributed by atoms with Crippen LogP contribution in [-0.2, 0) is 4.84 Å². The van der Waals surface area contributed by atoms with Gasteiger partial charge in [-0.2, -0.15) is 5.10 Å². The first-order valence-electron chi connectivity index (χ1n) is 3.25. The van der Waals surface area contributed by atoms with Crippen LogP contribution in [0.4, 0.5) is 0 Å². The quantitative estimate of drug-likeness (QED) is 0.365. The Morgan fingerprint density at radius 3 is 3.42 bits per heavy atom. The Labute approximate surface area is 79.6 Å². The lowest BCUT2D eigenvalue weighted by Crippen LogP contribution is -2.52. The van der Waals surface area contributed by atoms with E-state index in [1.165, 1.54) is 0 Å². The Morgan fingerprint density at radius 2 is 2.58 bits per heavy atom. The fourth-order valence-corrected chi connectivity index (χ4v) is 1.52. The van der Waals surface area contributed by atoms with Crippen LogP contribution in [-0.4, -0.2) is 28.5 Å². The van der Waals surface area contributed by atoms with Gasteiger partial charge in [0.2, 0.25) is 6.10 Å². The Hall–Kier alpha value is -0.820. The highest BCUT2D eigenvalue weighted by molar-refractivity contribution is 7.83. The van der Waals surface area contributed by atoms with Gasteiger partial charge in [0.25, 0.3) is 0 Å². The Bertz CT molecular complexity index is 279. The van der Waals surface area contributed by atoms with E-state index in [9.17, 15) is 0 Å². The van der Waals surface area contributed by atoms with Gasteiger partial charge in [-0.1, -0.05) is 5.16 Å². The van der Waals surface area contributed by atoms with E-state index in [2.05, 4.69) is 33.6 Å². The molecule has 2 N–H and O–H groups in total. The summed E-state index contributed by atoms with van der Waals surface area (Å²) in [7, 11) is 0. The molecule has 0 aliphatic carbocycles. The van der Waals surface area contributed by atoms with Crippen molar-refractivity contribution in [3.63, 3.8) is 0 Å². The van der Waals surface area contributed by atoms with Crippen molar-refractivity contribution in [3.05, 3.63) is 0 Å². The zero-order chi connectivity index (χ0) is 8.60. The van der Waals surface area contributed by atoms with Gasteiger partial charge in [-0.15, -0.1) is 12.6 Å². The lowest BCUT2D eigenvalue weighted by atomic mass is 10.2. The molecule has 0 spiro atoms. The number of rotatable bonds is 0. The van der Waals surface area contributed by atoms with Gasteiger partial charge in [0.15, 0.2) is 9.98 Å². The fraction of sp³-hybridized carbons (Fsp3) is 0.400. The molecule has 2 rings (SSSR count). The molecule has 2 aliphatic rings. The van der Waals surface area contributed by atoms with Crippen LogP contribution >= 0.6 is 24.8 Å². The average molecular weight is 202 g/mol. The maximum atomic E-state index is 4.97. The monoisotopic (exact) mass is 202 g/mol. The molecule has 5 nitrogen and oxygen atoms in total. The molecule has 0 radical (unpaired) electrons. The highest BCUT2D eigenvalue weighted by atomic mass is 32.1. The predicted molar refractivity (Wildman–Crippen MR) is 52.4 cm³/mol. The number of oxime groups is 1. The molecule has 12 heavy (non-hydrogen) atoms. The summed E-state index contributed by atoms with van der Waals surface area (Å²) >= 11 is 9.22. The van der Waals surface area contributed by atoms with E-state index in [-0.39, 0.29) is 6.10 Å². The minimum atomic E-state index is -0.677. The van der Waals surface area contributed by atoms with E-state index in [1.807, 2.05) is 0 Å². The predicted octanol–water partition coefficient (Wildman–Crippen LogP) is -0.539. The van der Waals surface area contributed by atoms with Crippen LogP contribution in [0.25, 0.3) is 0 Å². The van der Waals surface area contributed by atoms with Crippen LogP contribution in [0.1, 0.15) is 0 Å². The maximum absolute atomic E-state index is 4.97. The maximum Gasteiger partial charge on any atom is 0.201 e. The molecule has 0 aromatic carbocycles. The zero-order valence-corrected chi connectivity index (χ0v) is 7.60. The van der Waals surface area contributed by atoms with Gasteiger partial charge in [-0.3, -0.25) is 5.43 Å². The SMILES string of the molecule is S=C1NN=CC2ON=CC2(S)N1. The molecule has 0 saturated heterocycles. The fourth-order valence-electron chi connectivity index (χ4n) is 0.948. The molecule has 0 amide bonds. The number of fused-ring (bicyclic) bond motifs is 1. The summed E-state index contributed by atoms with van der Waals surface area (Å²) in [6.07, 6.45) is 2.78. The van der Waals surface area contributed by atoms with Gasteiger partial charge in [0, 0.05) is 0 Å². The van der Waals surface area contributed by atoms with Crippen LogP contribution in [0.5, 0.6) is 0 Å². The summed E-state index contributed by atoms with van der Waals surface area (Å²) in [4.78, 5) is 4.29. The minimum absolute atomic E-state index is 0.325. The van der Waals surface area contributed by atoms with Crippen LogP contribution in [0.2, 0.25) is 0 Å². The van der Waals surface area contributed by atoms with E-state index in [0.29, 0.717) is 5.11 Å². The number of hydrazone groups is 1. The standard InChI is InChI=1S/C5H6N4OS2/c11-4-8-5(12)2-7-10-3(5)1-6-9-4/h1-3,12H,(H2,8,9,11). The first-order valence-corrected chi connectivity index (χ1v) is 4.10. The second kappa shape index (κ2) is 2.60. The number of nitrogens with zero attached hydrogens (tertiary/aromatic N) is 2. The first kappa shape index (κ1) is 7.81. The van der Waals surface area contributed by atoms with Gasteiger partial charge in [0.1, 0.15) is 0 Å². The Morgan fingerprint density at radius 1 is 1.75 bits per heavy atom. The van der Waals surface area contributed by atoms with Crippen molar-refractivity contribution in [1.82, 2.24) is 10.7 Å². The smallest absolute Gasteiger partial charge is 0.201 e. The average Bonchev–Trinajstić information content (AvgIpc) is 2.26. The van der Waals surface area contributed by atoms with Crippen molar-refractivity contribution in [1.29, 1.82) is 0 Å². The van der Waals surface area contributed by atoms with E-state index in [0.717, 1.165) is 0 Å². The normalized spacial score (nSPS) is 37.8. The minimum Gasteiger partial charge on any atom is -0.383 e. The van der Waals surface area contributed by atoms with Gasteiger partial charge in [-0.25, -0.2) is 0 Å². The number of nitrogens with one attached hydrogen (secondary N) is 2. The number of hydrogen-bond donors (Lipinski definition) is 3. The molecule has 2 unspecified atom stereocenters. The third-order valence-corrected chi connectivity index (χ3v) is 2.22. The molecule has 2 heterocycles. The largest absolute Gasteiger partial charge is 0.383 e. The lowest BCUT2D eigenvalue weighted by Gasteiger charge is -2.22. The van der Waals surface area contributed by atoms with Gasteiger partial charge in [0.05, 0.1) is 12.4 Å². The van der Waals surface area contributed by atoms with E-state index in [4.69, 9.17) is 17.1 Å². The van der Waals surface area contributed by atoms with Crippen LogP contribution < -0.4 is 10.7 Å². The van der Waals surface area contributed by atoms with E-state index < -0.39 is 4.87 Å². The van der Waals surface area contributed by atoms with E-state index >= 15 is 0 Å². The van der Waals surface area contributed by atoms with Gasteiger partial charge < -0.3 is 10.2 Å². The molecular formula is C5H6N4OS2. The summed E-state index contributed by atoms with van der Waals surface area (Å²) in [6, 6.07) is 0. The van der Waals surface area contributed by atoms with Gasteiger partial charge in [-0.05, 0) is 12.2 Å². The molecule has 0 aromatic rings.